The van der Waals surface area contributed by atoms with Crippen molar-refractivity contribution in [3.63, 3.8) is 0 Å². The Bertz CT molecular complexity index is 773. The van der Waals surface area contributed by atoms with Crippen molar-refractivity contribution in [2.75, 3.05) is 38.0 Å². The fourth-order valence-corrected chi connectivity index (χ4v) is 5.79. The zero-order chi connectivity index (χ0) is 23.1. The summed E-state index contributed by atoms with van der Waals surface area (Å²) in [5, 5.41) is 27.5. The number of unbranched alkanes of at least 4 members (excludes halogenated alkanes) is 2. The van der Waals surface area contributed by atoms with Crippen molar-refractivity contribution in [2.24, 2.45) is 5.92 Å². The highest BCUT2D eigenvalue weighted by atomic mass is 16.4. The zero-order valence-electron chi connectivity index (χ0n) is 20.0. The van der Waals surface area contributed by atoms with E-state index in [2.05, 4.69) is 27.7 Å². The van der Waals surface area contributed by atoms with Gasteiger partial charge in [-0.15, -0.1) is 0 Å². The molecule has 0 aromatic carbocycles. The molecular weight excluding hydrogens is 416 g/mol. The van der Waals surface area contributed by atoms with Crippen LogP contribution in [0.3, 0.4) is 0 Å². The van der Waals surface area contributed by atoms with Crippen LogP contribution in [0.4, 0.5) is 5.82 Å². The number of carboxylic acid groups (broad SMARTS) is 1. The van der Waals surface area contributed by atoms with Gasteiger partial charge in [-0.3, -0.25) is 4.79 Å². The number of hydrogen-bond donors (Lipinski definition) is 4. The first-order valence-corrected chi connectivity index (χ1v) is 13.2. The summed E-state index contributed by atoms with van der Waals surface area (Å²) in [6.45, 7) is 4.28. The van der Waals surface area contributed by atoms with Crippen molar-refractivity contribution in [1.82, 2.24) is 15.2 Å². The van der Waals surface area contributed by atoms with Gasteiger partial charge in [0, 0.05) is 25.3 Å². The number of piperidine rings is 1. The molecule has 2 aliphatic heterocycles. The predicted octanol–water partition coefficient (Wildman–Crippen LogP) is 3.21. The number of aromatic nitrogens is 1. The van der Waals surface area contributed by atoms with Crippen LogP contribution in [-0.2, 0) is 17.6 Å². The molecule has 1 saturated heterocycles. The molecule has 0 radical (unpaired) electrons. The van der Waals surface area contributed by atoms with Crippen LogP contribution in [0.25, 0.3) is 0 Å². The lowest BCUT2D eigenvalue weighted by atomic mass is 9.83. The van der Waals surface area contributed by atoms with E-state index < -0.39 is 17.6 Å². The van der Waals surface area contributed by atoms with Gasteiger partial charge in [0.25, 0.3) is 0 Å². The minimum atomic E-state index is -1.15. The van der Waals surface area contributed by atoms with Crippen LogP contribution >= 0.6 is 0 Å². The van der Waals surface area contributed by atoms with Gasteiger partial charge < -0.3 is 25.7 Å². The molecule has 0 amide bonds. The van der Waals surface area contributed by atoms with Crippen LogP contribution < -0.4 is 10.6 Å². The molecule has 1 aliphatic carbocycles. The van der Waals surface area contributed by atoms with Crippen molar-refractivity contribution in [3.8, 4) is 0 Å². The van der Waals surface area contributed by atoms with Crippen molar-refractivity contribution < 1.29 is 15.0 Å². The molecular formula is C26H42N4O3. The number of carbonyl (C=O) groups is 1. The number of carboxylic acids is 1. The van der Waals surface area contributed by atoms with E-state index in [1.165, 1.54) is 43.4 Å². The number of rotatable bonds is 11. The second-order valence-electron chi connectivity index (χ2n) is 10.4. The van der Waals surface area contributed by atoms with Crippen LogP contribution in [0.1, 0.15) is 75.5 Å². The van der Waals surface area contributed by atoms with Gasteiger partial charge in [0.15, 0.2) is 0 Å². The number of aliphatic carboxylic acids is 1. The van der Waals surface area contributed by atoms with Gasteiger partial charge in [-0.05, 0) is 88.4 Å². The molecule has 1 saturated carbocycles. The summed E-state index contributed by atoms with van der Waals surface area (Å²) < 4.78 is 0. The van der Waals surface area contributed by atoms with Gasteiger partial charge in [0.05, 0.1) is 5.60 Å². The number of fused-ring (bicyclic) bond motifs is 1. The summed E-state index contributed by atoms with van der Waals surface area (Å²) >= 11 is 0. The molecule has 1 unspecified atom stereocenters. The Kier molecular flexibility index (Phi) is 8.61. The van der Waals surface area contributed by atoms with E-state index in [0.717, 1.165) is 64.1 Å². The summed E-state index contributed by atoms with van der Waals surface area (Å²) in [6, 6.07) is 3.54. The van der Waals surface area contributed by atoms with Crippen LogP contribution in [0.5, 0.6) is 0 Å². The number of aliphatic hydroxyl groups is 1. The first-order chi connectivity index (χ1) is 16.0. The van der Waals surface area contributed by atoms with E-state index in [1.54, 1.807) is 0 Å². The molecule has 7 heteroatoms. The SMILES string of the molecule is O=C(O)C(NCC1CCCC1)C1(O)CCN(CCCCCc2ccc3c(n2)NCCC3)CC1. The molecule has 0 spiro atoms. The number of pyridine rings is 1. The molecule has 2 fully saturated rings. The second kappa shape index (κ2) is 11.6. The minimum absolute atomic E-state index is 0.522. The van der Waals surface area contributed by atoms with Crippen LogP contribution in [0.15, 0.2) is 12.1 Å². The van der Waals surface area contributed by atoms with Gasteiger partial charge in [-0.1, -0.05) is 25.3 Å². The molecule has 1 aromatic heterocycles. The van der Waals surface area contributed by atoms with E-state index in [9.17, 15) is 15.0 Å². The smallest absolute Gasteiger partial charge is 0.323 e. The lowest BCUT2D eigenvalue weighted by Gasteiger charge is -2.42. The van der Waals surface area contributed by atoms with E-state index in [1.807, 2.05) is 0 Å². The van der Waals surface area contributed by atoms with Gasteiger partial charge >= 0.3 is 5.97 Å². The molecule has 4 N–H and O–H groups in total. The predicted molar refractivity (Wildman–Crippen MR) is 131 cm³/mol. The third-order valence-corrected chi connectivity index (χ3v) is 7.95. The van der Waals surface area contributed by atoms with E-state index in [0.29, 0.717) is 25.3 Å². The van der Waals surface area contributed by atoms with Crippen molar-refractivity contribution in [1.29, 1.82) is 0 Å². The Hall–Kier alpha value is -1.70. The Balaban J connectivity index is 1.14. The van der Waals surface area contributed by atoms with Crippen molar-refractivity contribution in [2.45, 2.75) is 88.7 Å². The zero-order valence-corrected chi connectivity index (χ0v) is 20.0. The second-order valence-corrected chi connectivity index (χ2v) is 10.4. The quantitative estimate of drug-likeness (QED) is 0.378. The summed E-state index contributed by atoms with van der Waals surface area (Å²) in [5.41, 5.74) is 1.37. The van der Waals surface area contributed by atoms with E-state index in [4.69, 9.17) is 4.98 Å². The first-order valence-electron chi connectivity index (χ1n) is 13.2. The summed E-state index contributed by atoms with van der Waals surface area (Å²) in [5.74, 6) is 0.718. The van der Waals surface area contributed by atoms with E-state index in [-0.39, 0.29) is 0 Å². The van der Waals surface area contributed by atoms with Crippen molar-refractivity contribution >= 4 is 11.8 Å². The van der Waals surface area contributed by atoms with Gasteiger partial charge in [-0.25, -0.2) is 4.98 Å². The third-order valence-electron chi connectivity index (χ3n) is 7.95. The number of nitrogens with one attached hydrogen (secondary N) is 2. The van der Waals surface area contributed by atoms with Gasteiger partial charge in [0.1, 0.15) is 11.9 Å². The number of hydrogen-bond acceptors (Lipinski definition) is 6. The van der Waals surface area contributed by atoms with Crippen LogP contribution in [-0.4, -0.2) is 70.4 Å². The number of anilines is 1. The monoisotopic (exact) mass is 458 g/mol. The van der Waals surface area contributed by atoms with Crippen molar-refractivity contribution in [3.05, 3.63) is 23.4 Å². The number of aryl methyl sites for hydroxylation is 2. The highest BCUT2D eigenvalue weighted by Crippen LogP contribution is 2.28. The lowest BCUT2D eigenvalue weighted by Crippen LogP contribution is -2.60. The standard InChI is InChI=1S/C26H42N4O3/c31-25(32)23(28-19-20-7-3-4-8-20)26(33)13-17-30(18-14-26)16-5-1-2-10-22-12-11-21-9-6-15-27-24(21)29-22/h11-12,20,23,28,33H,1-10,13-19H2,(H,27,29)(H,31,32). The molecule has 0 bridgehead atoms. The molecule has 3 heterocycles. The summed E-state index contributed by atoms with van der Waals surface area (Å²) in [4.78, 5) is 19.1. The maximum absolute atomic E-state index is 11.9. The van der Waals surface area contributed by atoms with Crippen LogP contribution in [0, 0.1) is 5.92 Å². The molecule has 4 rings (SSSR count). The van der Waals surface area contributed by atoms with Gasteiger partial charge in [0.2, 0.25) is 0 Å². The Morgan fingerprint density at radius 3 is 2.73 bits per heavy atom. The Labute approximate surface area is 198 Å². The topological polar surface area (TPSA) is 97.7 Å². The molecule has 7 nitrogen and oxygen atoms in total. The number of nitrogens with zero attached hydrogens (tertiary/aromatic N) is 2. The van der Waals surface area contributed by atoms with E-state index >= 15 is 0 Å². The molecule has 184 valence electrons. The molecule has 1 aromatic rings. The minimum Gasteiger partial charge on any atom is -0.480 e. The highest BCUT2D eigenvalue weighted by molar-refractivity contribution is 5.75. The fourth-order valence-electron chi connectivity index (χ4n) is 5.79. The molecule has 33 heavy (non-hydrogen) atoms. The van der Waals surface area contributed by atoms with Crippen LogP contribution in [0.2, 0.25) is 0 Å². The summed E-state index contributed by atoms with van der Waals surface area (Å²) in [6.07, 6.45) is 12.6. The lowest BCUT2D eigenvalue weighted by molar-refractivity contribution is -0.150. The maximum atomic E-state index is 11.9. The summed E-state index contributed by atoms with van der Waals surface area (Å²) in [7, 11) is 0. The Morgan fingerprint density at radius 2 is 1.97 bits per heavy atom. The largest absolute Gasteiger partial charge is 0.480 e. The fraction of sp³-hybridized carbons (Fsp3) is 0.769. The highest BCUT2D eigenvalue weighted by Gasteiger charge is 2.43. The average molecular weight is 459 g/mol. The normalized spacial score (nSPS) is 22.0. The average Bonchev–Trinajstić information content (AvgIpc) is 3.33. The Morgan fingerprint density at radius 1 is 1.18 bits per heavy atom. The third kappa shape index (κ3) is 6.67. The maximum Gasteiger partial charge on any atom is 0.323 e. The number of likely N-dealkylation sites (tertiary alicyclic amines) is 1. The molecule has 1 atom stereocenters. The van der Waals surface area contributed by atoms with Gasteiger partial charge in [-0.2, -0.15) is 0 Å². The molecule has 3 aliphatic rings. The first kappa shape index (κ1) is 24.4.